The van der Waals surface area contributed by atoms with Crippen molar-refractivity contribution in [3.63, 3.8) is 0 Å². The summed E-state index contributed by atoms with van der Waals surface area (Å²) in [5.41, 5.74) is 5.66. The summed E-state index contributed by atoms with van der Waals surface area (Å²) >= 11 is 0. The van der Waals surface area contributed by atoms with Gasteiger partial charge in [-0.05, 0) is 40.8 Å². The molecule has 37 heavy (non-hydrogen) atoms. The molecule has 5 aromatic rings. The molecule has 0 atom stereocenters. The number of hydrogen-bond donors (Lipinski definition) is 2. The summed E-state index contributed by atoms with van der Waals surface area (Å²) in [4.78, 5) is 24.1. The summed E-state index contributed by atoms with van der Waals surface area (Å²) < 4.78 is 11.7. The monoisotopic (exact) mass is 492 g/mol. The number of ether oxygens (including phenoxy) is 2. The van der Waals surface area contributed by atoms with Gasteiger partial charge in [0.05, 0.1) is 18.1 Å². The fourth-order valence-corrected chi connectivity index (χ4v) is 4.22. The molecule has 0 aliphatic rings. The van der Waals surface area contributed by atoms with Gasteiger partial charge in [-0.2, -0.15) is 4.98 Å². The number of benzene rings is 3. The Morgan fingerprint density at radius 1 is 0.919 bits per heavy atom. The molecule has 7 heteroatoms. The van der Waals surface area contributed by atoms with Gasteiger partial charge < -0.3 is 19.8 Å². The summed E-state index contributed by atoms with van der Waals surface area (Å²) in [5.74, 6) is 2.08. The average Bonchev–Trinajstić information content (AvgIpc) is 3.31. The minimum atomic E-state index is -0.109. The second-order valence-corrected chi connectivity index (χ2v) is 9.70. The van der Waals surface area contributed by atoms with Crippen molar-refractivity contribution in [3.05, 3.63) is 90.0 Å². The normalized spacial score (nSPS) is 11.4. The van der Waals surface area contributed by atoms with Crippen molar-refractivity contribution in [2.75, 3.05) is 12.4 Å². The van der Waals surface area contributed by atoms with Crippen molar-refractivity contribution in [1.29, 1.82) is 0 Å². The molecule has 2 heterocycles. The Balaban J connectivity index is 1.49. The van der Waals surface area contributed by atoms with Crippen LogP contribution in [0.4, 0.5) is 11.6 Å². The number of carbonyl (C=O) groups excluding carboxylic acids is 1. The first-order valence-corrected chi connectivity index (χ1v) is 12.0. The minimum Gasteiger partial charge on any atom is -0.481 e. The van der Waals surface area contributed by atoms with E-state index >= 15 is 0 Å². The minimum absolute atomic E-state index is 0.109. The number of aldehydes is 1. The van der Waals surface area contributed by atoms with Crippen LogP contribution in [0.1, 0.15) is 36.7 Å². The maximum atomic E-state index is 11.5. The SMILES string of the molecule is COc1ccc(Nc2nc3ccc(-c4ccccc4C=O)cc3[nH]2)c(Oc2ccccc2C(C)(C)C)n1. The zero-order chi connectivity index (χ0) is 26.0. The maximum Gasteiger partial charge on any atom is 0.246 e. The smallest absolute Gasteiger partial charge is 0.246 e. The number of rotatable bonds is 7. The van der Waals surface area contributed by atoms with Gasteiger partial charge in [0.2, 0.25) is 17.7 Å². The molecule has 0 saturated carbocycles. The lowest BCUT2D eigenvalue weighted by Gasteiger charge is -2.23. The number of nitrogens with zero attached hydrogens (tertiary/aromatic N) is 2. The highest BCUT2D eigenvalue weighted by atomic mass is 16.5. The van der Waals surface area contributed by atoms with E-state index in [-0.39, 0.29) is 5.41 Å². The third kappa shape index (κ3) is 5.02. The van der Waals surface area contributed by atoms with Crippen LogP contribution < -0.4 is 14.8 Å². The molecule has 0 unspecified atom stereocenters. The Kier molecular flexibility index (Phi) is 6.36. The lowest BCUT2D eigenvalue weighted by atomic mass is 9.86. The van der Waals surface area contributed by atoms with E-state index in [4.69, 9.17) is 9.47 Å². The van der Waals surface area contributed by atoms with Crippen molar-refractivity contribution >= 4 is 29.0 Å². The van der Waals surface area contributed by atoms with Crippen molar-refractivity contribution < 1.29 is 14.3 Å². The predicted molar refractivity (Wildman–Crippen MR) is 146 cm³/mol. The van der Waals surface area contributed by atoms with Gasteiger partial charge in [0.25, 0.3) is 0 Å². The van der Waals surface area contributed by atoms with Crippen molar-refractivity contribution in [2.24, 2.45) is 0 Å². The maximum absolute atomic E-state index is 11.5. The molecule has 0 bridgehead atoms. The lowest BCUT2D eigenvalue weighted by molar-refractivity contribution is 0.112. The topological polar surface area (TPSA) is 89.1 Å². The highest BCUT2D eigenvalue weighted by Crippen LogP contribution is 2.37. The summed E-state index contributed by atoms with van der Waals surface area (Å²) in [7, 11) is 1.57. The van der Waals surface area contributed by atoms with E-state index in [9.17, 15) is 4.79 Å². The van der Waals surface area contributed by atoms with Gasteiger partial charge in [-0.25, -0.2) is 4.98 Å². The Bertz CT molecular complexity index is 1580. The van der Waals surface area contributed by atoms with Gasteiger partial charge in [0.1, 0.15) is 11.4 Å². The molecule has 7 nitrogen and oxygen atoms in total. The fraction of sp³-hybridized carbons (Fsp3) is 0.167. The average molecular weight is 493 g/mol. The summed E-state index contributed by atoms with van der Waals surface area (Å²) in [6.07, 6.45) is 0.871. The highest BCUT2D eigenvalue weighted by molar-refractivity contribution is 5.91. The highest BCUT2D eigenvalue weighted by Gasteiger charge is 2.20. The number of imidazole rings is 1. The first-order chi connectivity index (χ1) is 17.9. The van der Waals surface area contributed by atoms with E-state index < -0.39 is 0 Å². The number of hydrogen-bond acceptors (Lipinski definition) is 6. The molecular weight excluding hydrogens is 464 g/mol. The van der Waals surface area contributed by atoms with Crippen LogP contribution >= 0.6 is 0 Å². The standard InChI is InChI=1S/C30H28N4O3/c1-30(2,3)22-11-7-8-12-26(22)37-28-24(15-16-27(34-28)36-4)32-29-31-23-14-13-19(17-25(23)33-29)21-10-6-5-9-20(21)18-35/h5-18H,1-4H3,(H2,31,32,33). The summed E-state index contributed by atoms with van der Waals surface area (Å²) in [6, 6.07) is 24.9. The largest absolute Gasteiger partial charge is 0.481 e. The van der Waals surface area contributed by atoms with Crippen LogP contribution in [0.3, 0.4) is 0 Å². The molecule has 2 N–H and O–H groups in total. The van der Waals surface area contributed by atoms with Crippen LogP contribution in [0.5, 0.6) is 17.5 Å². The van der Waals surface area contributed by atoms with Gasteiger partial charge in [0, 0.05) is 17.2 Å². The molecular formula is C30H28N4O3. The molecule has 0 spiro atoms. The number of nitrogens with one attached hydrogen (secondary N) is 2. The zero-order valence-electron chi connectivity index (χ0n) is 21.2. The first kappa shape index (κ1) is 24.1. The van der Waals surface area contributed by atoms with E-state index in [1.54, 1.807) is 13.2 Å². The number of fused-ring (bicyclic) bond motifs is 1. The van der Waals surface area contributed by atoms with E-state index in [1.807, 2.05) is 66.7 Å². The summed E-state index contributed by atoms with van der Waals surface area (Å²) in [6.45, 7) is 6.43. The third-order valence-corrected chi connectivity index (χ3v) is 6.08. The molecule has 0 aliphatic carbocycles. The molecule has 0 radical (unpaired) electrons. The summed E-state index contributed by atoms with van der Waals surface area (Å²) in [5, 5.41) is 3.31. The molecule has 0 amide bonds. The van der Waals surface area contributed by atoms with Crippen LogP contribution in [0.2, 0.25) is 0 Å². The van der Waals surface area contributed by atoms with Crippen LogP contribution in [0.25, 0.3) is 22.2 Å². The molecule has 0 fully saturated rings. The molecule has 5 rings (SSSR count). The van der Waals surface area contributed by atoms with Crippen LogP contribution in [0, 0.1) is 0 Å². The van der Waals surface area contributed by atoms with Crippen molar-refractivity contribution in [1.82, 2.24) is 15.0 Å². The predicted octanol–water partition coefficient (Wildman–Crippen LogP) is 7.28. The van der Waals surface area contributed by atoms with Crippen LogP contribution in [-0.4, -0.2) is 28.3 Å². The number of methoxy groups -OCH3 is 1. The second-order valence-electron chi connectivity index (χ2n) is 9.70. The van der Waals surface area contributed by atoms with Gasteiger partial charge >= 0.3 is 0 Å². The Hall–Kier alpha value is -4.65. The second kappa shape index (κ2) is 9.78. The van der Waals surface area contributed by atoms with Gasteiger partial charge in [0.15, 0.2) is 6.29 Å². The number of para-hydroxylation sites is 1. The quantitative estimate of drug-likeness (QED) is 0.232. The van der Waals surface area contributed by atoms with Gasteiger partial charge in [-0.1, -0.05) is 69.3 Å². The molecule has 186 valence electrons. The fourth-order valence-electron chi connectivity index (χ4n) is 4.22. The van der Waals surface area contributed by atoms with Gasteiger partial charge in [-0.15, -0.1) is 0 Å². The lowest BCUT2D eigenvalue weighted by Crippen LogP contribution is -2.12. The Morgan fingerprint density at radius 2 is 1.70 bits per heavy atom. The number of aromatic amines is 1. The first-order valence-electron chi connectivity index (χ1n) is 12.0. The number of carbonyl (C=O) groups is 1. The Labute approximate surface area is 215 Å². The Morgan fingerprint density at radius 3 is 2.49 bits per heavy atom. The molecule has 0 aliphatic heterocycles. The molecule has 0 saturated heterocycles. The molecule has 3 aromatic carbocycles. The van der Waals surface area contributed by atoms with Crippen LogP contribution in [0.15, 0.2) is 78.9 Å². The number of H-pyrrole nitrogens is 1. The van der Waals surface area contributed by atoms with E-state index in [2.05, 4.69) is 47.1 Å². The van der Waals surface area contributed by atoms with Crippen molar-refractivity contribution in [2.45, 2.75) is 26.2 Å². The van der Waals surface area contributed by atoms with E-state index in [0.29, 0.717) is 29.0 Å². The molecule has 2 aromatic heterocycles. The third-order valence-electron chi connectivity index (χ3n) is 6.08. The number of aromatic nitrogens is 3. The zero-order valence-corrected chi connectivity index (χ0v) is 21.2. The van der Waals surface area contributed by atoms with Crippen LogP contribution in [-0.2, 0) is 5.41 Å². The van der Waals surface area contributed by atoms with E-state index in [1.165, 1.54) is 0 Å². The number of anilines is 2. The van der Waals surface area contributed by atoms with E-state index in [0.717, 1.165) is 39.8 Å². The number of pyridine rings is 1. The van der Waals surface area contributed by atoms with Crippen molar-refractivity contribution in [3.8, 4) is 28.6 Å². The van der Waals surface area contributed by atoms with Gasteiger partial charge in [-0.3, -0.25) is 4.79 Å².